The third kappa shape index (κ3) is 3.10. The van der Waals surface area contributed by atoms with Gasteiger partial charge in [0.15, 0.2) is 0 Å². The van der Waals surface area contributed by atoms with Crippen LogP contribution in [0, 0.1) is 17.2 Å². The van der Waals surface area contributed by atoms with Crippen LogP contribution in [0.2, 0.25) is 0 Å². The molecule has 0 saturated heterocycles. The molecule has 1 atom stereocenters. The van der Waals surface area contributed by atoms with Crippen molar-refractivity contribution in [1.29, 1.82) is 5.26 Å². The van der Waals surface area contributed by atoms with Gasteiger partial charge in [0.25, 0.3) is 0 Å². The summed E-state index contributed by atoms with van der Waals surface area (Å²) in [5, 5.41) is 20.3. The standard InChI is InChI=1S/C24H25N3O/c25-13-16-1-3-17(4-2-16)18-5-9-20(10-6-18)24(28)23-22(19-7-8-19)12-11-21-14-26-15-27(21)23/h1-4,11-12,14-15,18-20,24,28H,5-10H2/t18-,20-,24-/m1/s1. The number of nitriles is 1. The second kappa shape index (κ2) is 7.07. The monoisotopic (exact) mass is 371 g/mol. The lowest BCUT2D eigenvalue weighted by Gasteiger charge is -2.33. The highest BCUT2D eigenvalue weighted by Gasteiger charge is 2.34. The number of aliphatic hydroxyl groups is 1. The van der Waals surface area contributed by atoms with Crippen LogP contribution in [0.3, 0.4) is 0 Å². The van der Waals surface area contributed by atoms with Crippen molar-refractivity contribution in [3.8, 4) is 6.07 Å². The smallest absolute Gasteiger partial charge is 0.0995 e. The Morgan fingerprint density at radius 3 is 2.36 bits per heavy atom. The number of benzene rings is 1. The molecule has 0 amide bonds. The lowest BCUT2D eigenvalue weighted by atomic mass is 9.75. The zero-order valence-electron chi connectivity index (χ0n) is 16.0. The number of fused-ring (bicyclic) bond motifs is 1. The predicted molar refractivity (Wildman–Crippen MR) is 108 cm³/mol. The second-order valence-corrected chi connectivity index (χ2v) is 8.43. The largest absolute Gasteiger partial charge is 0.387 e. The Balaban J connectivity index is 1.35. The molecule has 2 saturated carbocycles. The Morgan fingerprint density at radius 2 is 1.68 bits per heavy atom. The highest BCUT2D eigenvalue weighted by molar-refractivity contribution is 5.50. The Hall–Kier alpha value is -2.64. The van der Waals surface area contributed by atoms with Crippen LogP contribution in [0.4, 0.5) is 0 Å². The molecule has 0 radical (unpaired) electrons. The summed E-state index contributed by atoms with van der Waals surface area (Å²) >= 11 is 0. The molecule has 2 heterocycles. The van der Waals surface area contributed by atoms with Crippen LogP contribution in [0.5, 0.6) is 0 Å². The summed E-state index contributed by atoms with van der Waals surface area (Å²) in [6.07, 6.45) is 9.98. The summed E-state index contributed by atoms with van der Waals surface area (Å²) in [5.74, 6) is 1.43. The number of aromatic nitrogens is 2. The van der Waals surface area contributed by atoms with Gasteiger partial charge in [-0.15, -0.1) is 0 Å². The van der Waals surface area contributed by atoms with E-state index in [0.717, 1.165) is 36.9 Å². The summed E-state index contributed by atoms with van der Waals surface area (Å²) in [6, 6.07) is 14.5. The molecule has 1 N–H and O–H groups in total. The van der Waals surface area contributed by atoms with Gasteiger partial charge in [0, 0.05) is 0 Å². The van der Waals surface area contributed by atoms with E-state index >= 15 is 0 Å². The molecule has 0 spiro atoms. The Bertz CT molecular complexity index is 1020. The van der Waals surface area contributed by atoms with E-state index in [-0.39, 0.29) is 0 Å². The van der Waals surface area contributed by atoms with Gasteiger partial charge in [-0.3, -0.25) is 0 Å². The fourth-order valence-electron chi connectivity index (χ4n) is 4.90. The second-order valence-electron chi connectivity index (χ2n) is 8.43. The minimum absolute atomic E-state index is 0.292. The number of hydrogen-bond donors (Lipinski definition) is 1. The van der Waals surface area contributed by atoms with Crippen LogP contribution in [0.25, 0.3) is 5.52 Å². The van der Waals surface area contributed by atoms with Crippen LogP contribution in [-0.2, 0) is 0 Å². The van der Waals surface area contributed by atoms with E-state index in [0.29, 0.717) is 23.3 Å². The minimum atomic E-state index is -0.435. The van der Waals surface area contributed by atoms with E-state index in [1.807, 2.05) is 24.7 Å². The van der Waals surface area contributed by atoms with Crippen molar-refractivity contribution in [2.45, 2.75) is 56.5 Å². The first-order chi connectivity index (χ1) is 13.7. The number of nitrogens with zero attached hydrogens (tertiary/aromatic N) is 3. The highest BCUT2D eigenvalue weighted by Crippen LogP contribution is 2.47. The number of imidazole rings is 1. The summed E-state index contributed by atoms with van der Waals surface area (Å²) in [7, 11) is 0. The molecular formula is C24H25N3O. The average molecular weight is 371 g/mol. The van der Waals surface area contributed by atoms with Gasteiger partial charge in [0.2, 0.25) is 0 Å². The van der Waals surface area contributed by atoms with Gasteiger partial charge in [0.1, 0.15) is 0 Å². The fraction of sp³-hybridized carbons (Fsp3) is 0.417. The maximum Gasteiger partial charge on any atom is 0.0995 e. The first-order valence-corrected chi connectivity index (χ1v) is 10.4. The van der Waals surface area contributed by atoms with Crippen LogP contribution in [-0.4, -0.2) is 14.5 Å². The maximum atomic E-state index is 11.4. The van der Waals surface area contributed by atoms with Crippen molar-refractivity contribution >= 4 is 5.52 Å². The van der Waals surface area contributed by atoms with E-state index in [1.54, 1.807) is 0 Å². The average Bonchev–Trinajstić information content (AvgIpc) is 3.49. The van der Waals surface area contributed by atoms with E-state index in [2.05, 4.69) is 39.7 Å². The molecule has 5 rings (SSSR count). The zero-order chi connectivity index (χ0) is 19.1. The first kappa shape index (κ1) is 17.5. The normalized spacial score (nSPS) is 23.4. The van der Waals surface area contributed by atoms with Gasteiger partial charge in [-0.25, -0.2) is 4.98 Å². The summed E-state index contributed by atoms with van der Waals surface area (Å²) in [6.45, 7) is 0. The molecule has 2 aliphatic carbocycles. The number of hydrogen-bond acceptors (Lipinski definition) is 3. The third-order valence-corrected chi connectivity index (χ3v) is 6.68. The van der Waals surface area contributed by atoms with Crippen LogP contribution in [0.1, 0.15) is 78.8 Å². The van der Waals surface area contributed by atoms with Crippen LogP contribution < -0.4 is 0 Å². The van der Waals surface area contributed by atoms with Crippen LogP contribution in [0.15, 0.2) is 48.9 Å². The predicted octanol–water partition coefficient (Wildman–Crippen LogP) is 5.09. The van der Waals surface area contributed by atoms with Crippen molar-refractivity contribution in [1.82, 2.24) is 9.38 Å². The van der Waals surface area contributed by atoms with Gasteiger partial charge in [-0.2, -0.15) is 5.26 Å². The van der Waals surface area contributed by atoms with Gasteiger partial charge in [0.05, 0.1) is 41.5 Å². The van der Waals surface area contributed by atoms with Crippen LogP contribution >= 0.6 is 0 Å². The summed E-state index contributed by atoms with van der Waals surface area (Å²) in [4.78, 5) is 4.31. The van der Waals surface area contributed by atoms with E-state index in [9.17, 15) is 5.11 Å². The zero-order valence-corrected chi connectivity index (χ0v) is 16.0. The molecular weight excluding hydrogens is 346 g/mol. The van der Waals surface area contributed by atoms with E-state index in [4.69, 9.17) is 5.26 Å². The van der Waals surface area contributed by atoms with Crippen molar-refractivity contribution < 1.29 is 5.11 Å². The van der Waals surface area contributed by atoms with Gasteiger partial charge < -0.3 is 9.51 Å². The molecule has 0 aliphatic heterocycles. The minimum Gasteiger partial charge on any atom is -0.387 e. The highest BCUT2D eigenvalue weighted by atomic mass is 16.3. The summed E-state index contributed by atoms with van der Waals surface area (Å²) in [5.41, 5.74) is 5.48. The lowest BCUT2D eigenvalue weighted by molar-refractivity contribution is 0.0754. The molecule has 1 aromatic carbocycles. The molecule has 0 unspecified atom stereocenters. The third-order valence-electron chi connectivity index (χ3n) is 6.68. The quantitative estimate of drug-likeness (QED) is 0.695. The molecule has 4 heteroatoms. The number of rotatable bonds is 4. The Kier molecular flexibility index (Phi) is 4.41. The van der Waals surface area contributed by atoms with Crippen molar-refractivity contribution in [3.05, 3.63) is 71.3 Å². The lowest BCUT2D eigenvalue weighted by Crippen LogP contribution is -2.22. The molecule has 28 heavy (non-hydrogen) atoms. The number of pyridine rings is 1. The molecule has 142 valence electrons. The van der Waals surface area contributed by atoms with E-state index < -0.39 is 6.10 Å². The molecule has 3 aromatic rings. The van der Waals surface area contributed by atoms with Gasteiger partial charge >= 0.3 is 0 Å². The molecule has 2 fully saturated rings. The van der Waals surface area contributed by atoms with E-state index in [1.165, 1.54) is 24.0 Å². The van der Waals surface area contributed by atoms with Crippen molar-refractivity contribution in [2.24, 2.45) is 5.92 Å². The maximum absolute atomic E-state index is 11.4. The molecule has 2 aromatic heterocycles. The topological polar surface area (TPSA) is 61.3 Å². The molecule has 0 bridgehead atoms. The molecule has 2 aliphatic rings. The SMILES string of the molecule is N#Cc1ccc([C@H]2CC[C@H]([C@@H](O)c3c(C4CC4)ccc4cncn34)CC2)cc1. The first-order valence-electron chi connectivity index (χ1n) is 10.4. The molecule has 4 nitrogen and oxygen atoms in total. The number of aliphatic hydroxyl groups excluding tert-OH is 1. The Morgan fingerprint density at radius 1 is 0.964 bits per heavy atom. The van der Waals surface area contributed by atoms with Crippen molar-refractivity contribution in [2.75, 3.05) is 0 Å². The fourth-order valence-corrected chi connectivity index (χ4v) is 4.90. The van der Waals surface area contributed by atoms with Gasteiger partial charge in [-0.1, -0.05) is 18.2 Å². The summed E-state index contributed by atoms with van der Waals surface area (Å²) < 4.78 is 2.10. The van der Waals surface area contributed by atoms with Gasteiger partial charge in [-0.05, 0) is 85.6 Å². The van der Waals surface area contributed by atoms with Crippen molar-refractivity contribution in [3.63, 3.8) is 0 Å². The Labute approximate surface area is 165 Å².